The Morgan fingerprint density at radius 2 is 2.30 bits per heavy atom. The summed E-state index contributed by atoms with van der Waals surface area (Å²) in [7, 11) is 1.77. The Morgan fingerprint density at radius 3 is 3.04 bits per heavy atom. The molecule has 1 aromatic carbocycles. The van der Waals surface area contributed by atoms with Crippen LogP contribution < -0.4 is 10.6 Å². The highest BCUT2D eigenvalue weighted by Crippen LogP contribution is 2.35. The van der Waals surface area contributed by atoms with Gasteiger partial charge in [-0.25, -0.2) is 14.2 Å². The third kappa shape index (κ3) is 3.18. The zero-order valence-corrected chi connectivity index (χ0v) is 13.2. The molecule has 1 aliphatic carbocycles. The van der Waals surface area contributed by atoms with Crippen LogP contribution in [0.3, 0.4) is 0 Å². The molecule has 23 heavy (non-hydrogen) atoms. The number of urea groups is 1. The minimum atomic E-state index is -0.290. The highest BCUT2D eigenvalue weighted by atomic mass is 19.1. The van der Waals surface area contributed by atoms with Crippen LogP contribution in [0.25, 0.3) is 0 Å². The van der Waals surface area contributed by atoms with Gasteiger partial charge in [0.1, 0.15) is 18.0 Å². The number of nitrogens with one attached hydrogen (secondary N) is 2. The Hall–Kier alpha value is -2.44. The third-order valence-electron chi connectivity index (χ3n) is 4.41. The van der Waals surface area contributed by atoms with Crippen LogP contribution in [0.4, 0.5) is 9.18 Å². The molecular weight excluding hydrogens is 297 g/mol. The number of hydrogen-bond acceptors (Lipinski definition) is 3. The van der Waals surface area contributed by atoms with Gasteiger partial charge >= 0.3 is 6.03 Å². The quantitative estimate of drug-likeness (QED) is 0.910. The van der Waals surface area contributed by atoms with Gasteiger partial charge in [-0.3, -0.25) is 4.68 Å². The van der Waals surface area contributed by atoms with E-state index in [4.69, 9.17) is 0 Å². The van der Waals surface area contributed by atoms with E-state index >= 15 is 0 Å². The Labute approximate surface area is 134 Å². The molecule has 2 aromatic rings. The van der Waals surface area contributed by atoms with Gasteiger partial charge in [0.2, 0.25) is 0 Å². The lowest BCUT2D eigenvalue weighted by atomic mass is 9.80. The van der Waals surface area contributed by atoms with Gasteiger partial charge in [0.15, 0.2) is 0 Å². The standard InChI is InChI=1S/C16H20FN5O/c1-10-6-7-11-12(4-3-5-13(11)17)15(10)21-16(23)18-8-14-19-9-20-22(14)2/h3-5,9-10,15H,6-8H2,1-2H3,(H2,18,21,23)/t10-,15-/m1/s1. The van der Waals surface area contributed by atoms with E-state index < -0.39 is 0 Å². The van der Waals surface area contributed by atoms with E-state index in [9.17, 15) is 9.18 Å². The SMILES string of the molecule is C[C@@H]1CCc2c(F)cccc2[C@@H]1NC(=O)NCc1ncnn1C. The van der Waals surface area contributed by atoms with E-state index in [2.05, 4.69) is 27.6 Å². The molecule has 2 N–H and O–H groups in total. The summed E-state index contributed by atoms with van der Waals surface area (Å²) >= 11 is 0. The number of nitrogens with zero attached hydrogens (tertiary/aromatic N) is 3. The number of carbonyl (C=O) groups excluding carboxylic acids is 1. The molecule has 122 valence electrons. The molecule has 0 unspecified atom stereocenters. The normalized spacial score (nSPS) is 20.0. The van der Waals surface area contributed by atoms with Crippen LogP contribution in [0, 0.1) is 11.7 Å². The molecule has 2 amide bonds. The smallest absolute Gasteiger partial charge is 0.315 e. The fourth-order valence-electron chi connectivity index (χ4n) is 3.03. The largest absolute Gasteiger partial charge is 0.331 e. The van der Waals surface area contributed by atoms with Crippen molar-refractivity contribution in [3.05, 3.63) is 47.3 Å². The van der Waals surface area contributed by atoms with Crippen molar-refractivity contribution >= 4 is 6.03 Å². The molecular formula is C16H20FN5O. The van der Waals surface area contributed by atoms with E-state index in [-0.39, 0.29) is 23.8 Å². The van der Waals surface area contributed by atoms with E-state index in [0.29, 0.717) is 24.4 Å². The van der Waals surface area contributed by atoms with Crippen molar-refractivity contribution in [3.63, 3.8) is 0 Å². The summed E-state index contributed by atoms with van der Waals surface area (Å²) < 4.78 is 15.5. The molecule has 0 bridgehead atoms. The van der Waals surface area contributed by atoms with Crippen molar-refractivity contribution < 1.29 is 9.18 Å². The molecule has 0 spiro atoms. The van der Waals surface area contributed by atoms with Gasteiger partial charge in [0.05, 0.1) is 12.6 Å². The summed E-state index contributed by atoms with van der Waals surface area (Å²) in [5.41, 5.74) is 1.58. The van der Waals surface area contributed by atoms with Crippen LogP contribution in [0.2, 0.25) is 0 Å². The van der Waals surface area contributed by atoms with Crippen LogP contribution in [0.15, 0.2) is 24.5 Å². The fraction of sp³-hybridized carbons (Fsp3) is 0.438. The molecule has 1 aliphatic rings. The van der Waals surface area contributed by atoms with Gasteiger partial charge < -0.3 is 10.6 Å². The number of benzene rings is 1. The van der Waals surface area contributed by atoms with Crippen LogP contribution in [0.1, 0.15) is 36.3 Å². The molecule has 2 atom stereocenters. The number of rotatable bonds is 3. The first kappa shape index (κ1) is 15.5. The molecule has 0 saturated carbocycles. The van der Waals surface area contributed by atoms with Gasteiger partial charge in [0.25, 0.3) is 0 Å². The summed E-state index contributed by atoms with van der Waals surface area (Å²) in [6.07, 6.45) is 3.00. The minimum Gasteiger partial charge on any atom is -0.331 e. The molecule has 0 aliphatic heterocycles. The number of fused-ring (bicyclic) bond motifs is 1. The highest BCUT2D eigenvalue weighted by molar-refractivity contribution is 5.74. The molecule has 0 radical (unpaired) electrons. The van der Waals surface area contributed by atoms with Gasteiger partial charge in [0, 0.05) is 7.05 Å². The summed E-state index contributed by atoms with van der Waals surface area (Å²) in [6.45, 7) is 2.36. The predicted octanol–water partition coefficient (Wildman–Crippen LogP) is 2.08. The lowest BCUT2D eigenvalue weighted by molar-refractivity contribution is 0.228. The number of hydrogen-bond donors (Lipinski definition) is 2. The molecule has 1 heterocycles. The maximum absolute atomic E-state index is 13.9. The van der Waals surface area contributed by atoms with Gasteiger partial charge in [-0.1, -0.05) is 19.1 Å². The van der Waals surface area contributed by atoms with Gasteiger partial charge in [-0.2, -0.15) is 5.10 Å². The first-order chi connectivity index (χ1) is 11.1. The average Bonchev–Trinajstić information content (AvgIpc) is 2.93. The maximum atomic E-state index is 13.9. The number of carbonyl (C=O) groups is 1. The van der Waals surface area contributed by atoms with Crippen molar-refractivity contribution in [3.8, 4) is 0 Å². The van der Waals surface area contributed by atoms with Crippen LogP contribution in [-0.4, -0.2) is 20.8 Å². The van der Waals surface area contributed by atoms with Crippen molar-refractivity contribution in [2.24, 2.45) is 13.0 Å². The van der Waals surface area contributed by atoms with Gasteiger partial charge in [-0.15, -0.1) is 0 Å². The first-order valence-corrected chi connectivity index (χ1v) is 7.70. The highest BCUT2D eigenvalue weighted by Gasteiger charge is 2.29. The fourth-order valence-corrected chi connectivity index (χ4v) is 3.03. The Bertz CT molecular complexity index is 714. The Kier molecular flexibility index (Phi) is 4.27. The molecule has 1 aromatic heterocycles. The second kappa shape index (κ2) is 6.36. The number of aryl methyl sites for hydroxylation is 1. The third-order valence-corrected chi connectivity index (χ3v) is 4.41. The predicted molar refractivity (Wildman–Crippen MR) is 83.0 cm³/mol. The lowest BCUT2D eigenvalue weighted by Crippen LogP contribution is -2.41. The van der Waals surface area contributed by atoms with Crippen LogP contribution in [0.5, 0.6) is 0 Å². The Morgan fingerprint density at radius 1 is 1.48 bits per heavy atom. The Balaban J connectivity index is 1.68. The van der Waals surface area contributed by atoms with Crippen LogP contribution >= 0.6 is 0 Å². The second-order valence-corrected chi connectivity index (χ2v) is 5.93. The van der Waals surface area contributed by atoms with Crippen molar-refractivity contribution in [1.82, 2.24) is 25.4 Å². The summed E-state index contributed by atoms with van der Waals surface area (Å²) in [6, 6.07) is 4.58. The van der Waals surface area contributed by atoms with Crippen LogP contribution in [-0.2, 0) is 20.0 Å². The molecule has 7 heteroatoms. The number of amides is 2. The topological polar surface area (TPSA) is 71.8 Å². The van der Waals surface area contributed by atoms with E-state index in [0.717, 1.165) is 12.0 Å². The van der Waals surface area contributed by atoms with Gasteiger partial charge in [-0.05, 0) is 36.0 Å². The molecule has 6 nitrogen and oxygen atoms in total. The second-order valence-electron chi connectivity index (χ2n) is 5.93. The van der Waals surface area contributed by atoms with E-state index in [1.807, 2.05) is 6.07 Å². The zero-order valence-electron chi connectivity index (χ0n) is 13.2. The minimum absolute atomic E-state index is 0.186. The maximum Gasteiger partial charge on any atom is 0.315 e. The first-order valence-electron chi connectivity index (χ1n) is 7.70. The molecule has 0 fully saturated rings. The van der Waals surface area contributed by atoms with E-state index in [1.54, 1.807) is 17.8 Å². The summed E-state index contributed by atoms with van der Waals surface area (Å²) in [5, 5.41) is 9.69. The number of aromatic nitrogens is 3. The monoisotopic (exact) mass is 317 g/mol. The van der Waals surface area contributed by atoms with Crippen molar-refractivity contribution in [2.75, 3.05) is 0 Å². The lowest BCUT2D eigenvalue weighted by Gasteiger charge is -2.32. The summed E-state index contributed by atoms with van der Waals surface area (Å²) in [5.74, 6) is 0.730. The number of halogens is 1. The summed E-state index contributed by atoms with van der Waals surface area (Å²) in [4.78, 5) is 16.2. The zero-order chi connectivity index (χ0) is 16.4. The molecule has 3 rings (SSSR count). The molecule has 0 saturated heterocycles. The average molecular weight is 317 g/mol. The van der Waals surface area contributed by atoms with Crippen molar-refractivity contribution in [1.29, 1.82) is 0 Å². The van der Waals surface area contributed by atoms with Crippen molar-refractivity contribution in [2.45, 2.75) is 32.4 Å². The van der Waals surface area contributed by atoms with E-state index in [1.165, 1.54) is 12.4 Å².